The monoisotopic (exact) mass is 301 g/mol. The molecule has 4 nitrogen and oxygen atoms in total. The molecular weight excluding hydrogens is 286 g/mol. The van der Waals surface area contributed by atoms with Crippen molar-refractivity contribution in [2.75, 3.05) is 5.73 Å². The number of benzene rings is 2. The Labute approximate surface area is 129 Å². The lowest BCUT2D eigenvalue weighted by molar-refractivity contribution is -0.763. The fraction of sp³-hybridized carbons (Fsp3) is 0.125. The van der Waals surface area contributed by atoms with Gasteiger partial charge < -0.3 is 18.1 Å². The van der Waals surface area contributed by atoms with Gasteiger partial charge >= 0.3 is 0 Å². The summed E-state index contributed by atoms with van der Waals surface area (Å²) in [6, 6.07) is 20.7. The van der Waals surface area contributed by atoms with Crippen molar-refractivity contribution in [2.45, 2.75) is 12.5 Å². The number of anilines is 1. The van der Waals surface area contributed by atoms with Crippen LogP contribution in [0.4, 0.5) is 5.88 Å². The Morgan fingerprint density at radius 3 is 1.90 bits per heavy atom. The highest BCUT2D eigenvalue weighted by atomic mass is 35.5. The van der Waals surface area contributed by atoms with Gasteiger partial charge in [0, 0.05) is 0 Å². The normalized spacial score (nSPS) is 10.3. The quantitative estimate of drug-likeness (QED) is 0.654. The molecule has 3 aromatic rings. The SMILES string of the molecule is Nc1c[n+](CC(c2ccccc2)c2ccccc2)no1.[Cl-]. The van der Waals surface area contributed by atoms with Crippen molar-refractivity contribution >= 4 is 5.88 Å². The number of rotatable bonds is 4. The molecular formula is C16H16ClN3O. The van der Waals surface area contributed by atoms with E-state index in [1.54, 1.807) is 10.9 Å². The molecule has 0 spiro atoms. The Bertz CT molecular complexity index is 631. The number of hydrogen-bond acceptors (Lipinski definition) is 3. The Morgan fingerprint density at radius 1 is 0.952 bits per heavy atom. The van der Waals surface area contributed by atoms with E-state index in [9.17, 15) is 0 Å². The summed E-state index contributed by atoms with van der Waals surface area (Å²) in [7, 11) is 0. The number of aromatic nitrogens is 2. The maximum atomic E-state index is 5.58. The van der Waals surface area contributed by atoms with Gasteiger partial charge in [0.05, 0.1) is 5.92 Å². The van der Waals surface area contributed by atoms with Gasteiger partial charge in [-0.2, -0.15) is 0 Å². The highest BCUT2D eigenvalue weighted by Crippen LogP contribution is 2.24. The third-order valence-corrected chi connectivity index (χ3v) is 3.30. The van der Waals surface area contributed by atoms with E-state index in [2.05, 4.69) is 29.5 Å². The van der Waals surface area contributed by atoms with E-state index >= 15 is 0 Å². The van der Waals surface area contributed by atoms with Crippen LogP contribution in [-0.4, -0.2) is 5.27 Å². The molecule has 0 bridgehead atoms. The van der Waals surface area contributed by atoms with Gasteiger partial charge in [0.1, 0.15) is 0 Å². The smallest absolute Gasteiger partial charge is 0.293 e. The Kier molecular flexibility index (Phi) is 4.95. The van der Waals surface area contributed by atoms with Crippen LogP contribution in [0.3, 0.4) is 0 Å². The number of halogens is 1. The number of hydrogen-bond donors (Lipinski definition) is 1. The second kappa shape index (κ2) is 6.90. The summed E-state index contributed by atoms with van der Waals surface area (Å²) >= 11 is 0. The molecule has 1 heterocycles. The zero-order valence-electron chi connectivity index (χ0n) is 11.4. The van der Waals surface area contributed by atoms with Crippen LogP contribution >= 0.6 is 0 Å². The largest absolute Gasteiger partial charge is 1.00 e. The highest BCUT2D eigenvalue weighted by molar-refractivity contribution is 5.31. The summed E-state index contributed by atoms with van der Waals surface area (Å²) in [5, 5.41) is 3.92. The summed E-state index contributed by atoms with van der Waals surface area (Å²) in [6.45, 7) is 0.689. The van der Waals surface area contributed by atoms with Gasteiger partial charge in [0.15, 0.2) is 6.54 Å². The third kappa shape index (κ3) is 3.61. The van der Waals surface area contributed by atoms with E-state index in [4.69, 9.17) is 10.3 Å². The molecule has 0 atom stereocenters. The topological polar surface area (TPSA) is 55.9 Å². The van der Waals surface area contributed by atoms with E-state index in [0.29, 0.717) is 12.4 Å². The van der Waals surface area contributed by atoms with Crippen LogP contribution < -0.4 is 22.8 Å². The first kappa shape index (κ1) is 15.1. The second-order valence-electron chi connectivity index (χ2n) is 4.70. The summed E-state index contributed by atoms with van der Waals surface area (Å²) in [5.41, 5.74) is 8.07. The Balaban J connectivity index is 0.00000161. The molecule has 0 aliphatic carbocycles. The number of nitrogen functional groups attached to an aromatic ring is 1. The molecule has 0 aliphatic rings. The lowest BCUT2D eigenvalue weighted by Crippen LogP contribution is -3.00. The van der Waals surface area contributed by atoms with Gasteiger partial charge in [-0.15, -0.1) is 0 Å². The third-order valence-electron chi connectivity index (χ3n) is 3.30. The van der Waals surface area contributed by atoms with Crippen LogP contribution in [0.15, 0.2) is 71.4 Å². The molecule has 3 rings (SSSR count). The zero-order valence-corrected chi connectivity index (χ0v) is 12.1. The van der Waals surface area contributed by atoms with Crippen LogP contribution in [-0.2, 0) is 6.54 Å². The Hall–Kier alpha value is -2.33. The molecule has 108 valence electrons. The molecule has 5 heteroatoms. The Morgan fingerprint density at radius 2 is 1.48 bits per heavy atom. The fourth-order valence-corrected chi connectivity index (χ4v) is 2.34. The van der Waals surface area contributed by atoms with E-state index in [-0.39, 0.29) is 18.3 Å². The zero-order chi connectivity index (χ0) is 13.8. The minimum absolute atomic E-state index is 0. The van der Waals surface area contributed by atoms with Gasteiger partial charge in [-0.05, 0) is 15.8 Å². The highest BCUT2D eigenvalue weighted by Gasteiger charge is 2.21. The second-order valence-corrected chi connectivity index (χ2v) is 4.70. The van der Waals surface area contributed by atoms with Gasteiger partial charge in [-0.3, -0.25) is 4.52 Å². The van der Waals surface area contributed by atoms with Gasteiger partial charge in [-0.1, -0.05) is 60.7 Å². The van der Waals surface area contributed by atoms with Gasteiger partial charge in [-0.25, -0.2) is 0 Å². The van der Waals surface area contributed by atoms with Crippen molar-refractivity contribution in [3.8, 4) is 0 Å². The van der Waals surface area contributed by atoms with Crippen molar-refractivity contribution in [1.82, 2.24) is 5.27 Å². The van der Waals surface area contributed by atoms with E-state index in [1.807, 2.05) is 36.4 Å². The molecule has 0 aliphatic heterocycles. The molecule has 0 saturated heterocycles. The molecule has 0 unspecified atom stereocenters. The molecule has 21 heavy (non-hydrogen) atoms. The maximum absolute atomic E-state index is 5.58. The maximum Gasteiger partial charge on any atom is 0.293 e. The molecule has 0 fully saturated rings. The average Bonchev–Trinajstić information content (AvgIpc) is 2.92. The summed E-state index contributed by atoms with van der Waals surface area (Å²) in [6.07, 6.45) is 1.71. The van der Waals surface area contributed by atoms with E-state index in [1.165, 1.54) is 11.1 Å². The lowest BCUT2D eigenvalue weighted by atomic mass is 9.91. The van der Waals surface area contributed by atoms with Crippen molar-refractivity contribution in [3.63, 3.8) is 0 Å². The van der Waals surface area contributed by atoms with E-state index in [0.717, 1.165) is 0 Å². The summed E-state index contributed by atoms with van der Waals surface area (Å²) in [4.78, 5) is 0. The average molecular weight is 302 g/mol. The van der Waals surface area contributed by atoms with Crippen molar-refractivity contribution in [3.05, 3.63) is 78.0 Å². The van der Waals surface area contributed by atoms with Gasteiger partial charge in [0.2, 0.25) is 5.27 Å². The van der Waals surface area contributed by atoms with Crippen LogP contribution in [0.25, 0.3) is 0 Å². The van der Waals surface area contributed by atoms with Crippen LogP contribution in [0.2, 0.25) is 0 Å². The molecule has 0 amide bonds. The first-order valence-corrected chi connectivity index (χ1v) is 6.55. The first-order chi connectivity index (χ1) is 9.83. The molecule has 2 aromatic carbocycles. The van der Waals surface area contributed by atoms with Crippen molar-refractivity contribution in [2.24, 2.45) is 0 Å². The predicted molar refractivity (Wildman–Crippen MR) is 75.8 cm³/mol. The van der Waals surface area contributed by atoms with Crippen LogP contribution in [0, 0.1) is 0 Å². The minimum atomic E-state index is 0. The number of nitrogens with two attached hydrogens (primary N) is 1. The predicted octanol–water partition coefficient (Wildman–Crippen LogP) is -0.620. The molecule has 0 radical (unpaired) electrons. The van der Waals surface area contributed by atoms with Crippen LogP contribution in [0.5, 0.6) is 0 Å². The minimum Gasteiger partial charge on any atom is -1.00 e. The first-order valence-electron chi connectivity index (χ1n) is 6.55. The standard InChI is InChI=1S/C16H16N3O.ClH/c17-16-12-19(18-20-16)11-15(13-7-3-1-4-8-13)14-9-5-2-6-10-14;/h1-10,12,15H,11,17H2;1H/q+1;/p-1. The van der Waals surface area contributed by atoms with Crippen LogP contribution in [0.1, 0.15) is 17.0 Å². The fourth-order valence-electron chi connectivity index (χ4n) is 2.34. The van der Waals surface area contributed by atoms with Crippen molar-refractivity contribution in [1.29, 1.82) is 0 Å². The summed E-state index contributed by atoms with van der Waals surface area (Å²) in [5.74, 6) is 0.539. The summed E-state index contributed by atoms with van der Waals surface area (Å²) < 4.78 is 6.66. The molecule has 2 N–H and O–H groups in total. The van der Waals surface area contributed by atoms with Gasteiger partial charge in [0.25, 0.3) is 12.1 Å². The molecule has 0 saturated carbocycles. The van der Waals surface area contributed by atoms with Crippen molar-refractivity contribution < 1.29 is 21.6 Å². The molecule has 1 aromatic heterocycles. The van der Waals surface area contributed by atoms with E-state index < -0.39 is 0 Å². The lowest BCUT2D eigenvalue weighted by Gasteiger charge is -2.13. The number of nitrogens with zero attached hydrogens (tertiary/aromatic N) is 2.